The van der Waals surface area contributed by atoms with Crippen LogP contribution in [-0.2, 0) is 13.2 Å². The number of nitrogens with one attached hydrogen (secondary N) is 1. The number of halogens is 1. The number of para-hydroxylation sites is 1. The van der Waals surface area contributed by atoms with Crippen molar-refractivity contribution in [1.82, 2.24) is 10.3 Å². The monoisotopic (exact) mass is 352 g/mol. The zero-order valence-corrected chi connectivity index (χ0v) is 13.8. The van der Waals surface area contributed by atoms with E-state index in [0.717, 1.165) is 27.5 Å². The van der Waals surface area contributed by atoms with Gasteiger partial charge in [0.25, 0.3) is 0 Å². The Kier molecular flexibility index (Phi) is 4.38. The second-order valence-corrected chi connectivity index (χ2v) is 6.85. The van der Waals surface area contributed by atoms with Gasteiger partial charge in [0, 0.05) is 29.2 Å². The summed E-state index contributed by atoms with van der Waals surface area (Å²) in [5, 5.41) is 6.59. The van der Waals surface area contributed by atoms with Crippen molar-refractivity contribution < 1.29 is 4.74 Å². The van der Waals surface area contributed by atoms with E-state index >= 15 is 0 Å². The van der Waals surface area contributed by atoms with Crippen LogP contribution in [-0.4, -0.2) is 11.0 Å². The predicted molar refractivity (Wildman–Crippen MR) is 85.2 cm³/mol. The van der Waals surface area contributed by atoms with E-state index in [1.165, 1.54) is 18.4 Å². The molecular weight excluding hydrogens is 336 g/mol. The summed E-state index contributed by atoms with van der Waals surface area (Å²) in [6, 6.07) is 6.88. The molecule has 0 unspecified atom stereocenters. The van der Waals surface area contributed by atoms with Gasteiger partial charge < -0.3 is 10.1 Å². The average Bonchev–Trinajstić information content (AvgIpc) is 3.17. The van der Waals surface area contributed by atoms with Crippen molar-refractivity contribution in [2.24, 2.45) is 0 Å². The normalized spacial score (nSPS) is 14.5. The molecule has 1 saturated carbocycles. The van der Waals surface area contributed by atoms with Crippen LogP contribution in [0.15, 0.2) is 28.1 Å². The van der Waals surface area contributed by atoms with Gasteiger partial charge in [-0.15, -0.1) is 11.3 Å². The second kappa shape index (κ2) is 6.24. The van der Waals surface area contributed by atoms with Crippen molar-refractivity contribution in [3.63, 3.8) is 0 Å². The van der Waals surface area contributed by atoms with E-state index < -0.39 is 0 Å². The Morgan fingerprint density at radius 3 is 3.00 bits per heavy atom. The molecule has 0 bridgehead atoms. The number of ether oxygens (including phenoxy) is 1. The van der Waals surface area contributed by atoms with Crippen LogP contribution in [0.5, 0.6) is 5.75 Å². The summed E-state index contributed by atoms with van der Waals surface area (Å²) in [7, 11) is 0. The van der Waals surface area contributed by atoms with Crippen molar-refractivity contribution in [3.05, 3.63) is 44.3 Å². The lowest BCUT2D eigenvalue weighted by atomic mass is 10.2. The second-order valence-electron chi connectivity index (χ2n) is 5.05. The third kappa shape index (κ3) is 3.59. The summed E-state index contributed by atoms with van der Waals surface area (Å²) in [5.41, 5.74) is 2.25. The minimum Gasteiger partial charge on any atom is -0.485 e. The smallest absolute Gasteiger partial charge is 0.140 e. The molecule has 20 heavy (non-hydrogen) atoms. The molecule has 1 N–H and O–H groups in total. The van der Waals surface area contributed by atoms with Gasteiger partial charge in [-0.05, 0) is 41.8 Å². The van der Waals surface area contributed by atoms with E-state index in [4.69, 9.17) is 4.74 Å². The van der Waals surface area contributed by atoms with Gasteiger partial charge in [0.2, 0.25) is 0 Å². The van der Waals surface area contributed by atoms with Crippen molar-refractivity contribution in [2.45, 2.75) is 39.0 Å². The fraction of sp³-hybridized carbons (Fsp3) is 0.400. The molecule has 1 heterocycles. The summed E-state index contributed by atoms with van der Waals surface area (Å²) >= 11 is 5.22. The lowest BCUT2D eigenvalue weighted by Crippen LogP contribution is -2.16. The molecule has 1 fully saturated rings. The van der Waals surface area contributed by atoms with Crippen LogP contribution in [0.25, 0.3) is 0 Å². The standard InChI is InChI=1S/C15H17BrN2OS/c1-10-9-20-14(18-10)8-19-15-11(3-2-4-13(15)16)7-17-12-5-6-12/h2-4,9,12,17H,5-8H2,1H3. The first-order chi connectivity index (χ1) is 9.72. The number of hydrogen-bond acceptors (Lipinski definition) is 4. The van der Waals surface area contributed by atoms with E-state index in [1.807, 2.05) is 24.4 Å². The van der Waals surface area contributed by atoms with Crippen molar-refractivity contribution in [3.8, 4) is 5.75 Å². The van der Waals surface area contributed by atoms with Crippen molar-refractivity contribution in [2.75, 3.05) is 0 Å². The van der Waals surface area contributed by atoms with E-state index in [1.54, 1.807) is 11.3 Å². The van der Waals surface area contributed by atoms with Gasteiger partial charge in [0.1, 0.15) is 17.4 Å². The van der Waals surface area contributed by atoms with Gasteiger partial charge in [0.15, 0.2) is 0 Å². The van der Waals surface area contributed by atoms with E-state index in [2.05, 4.69) is 32.3 Å². The SMILES string of the molecule is Cc1csc(COc2c(Br)cccc2CNC2CC2)n1. The largest absolute Gasteiger partial charge is 0.485 e. The van der Waals surface area contributed by atoms with Crippen LogP contribution < -0.4 is 10.1 Å². The maximum atomic E-state index is 5.98. The Morgan fingerprint density at radius 1 is 1.45 bits per heavy atom. The van der Waals surface area contributed by atoms with Gasteiger partial charge in [-0.3, -0.25) is 0 Å². The third-order valence-electron chi connectivity index (χ3n) is 3.21. The van der Waals surface area contributed by atoms with Crippen molar-refractivity contribution in [1.29, 1.82) is 0 Å². The topological polar surface area (TPSA) is 34.1 Å². The number of hydrogen-bond donors (Lipinski definition) is 1. The molecule has 106 valence electrons. The summed E-state index contributed by atoms with van der Waals surface area (Å²) in [5.74, 6) is 0.925. The summed E-state index contributed by atoms with van der Waals surface area (Å²) in [6.07, 6.45) is 2.59. The lowest BCUT2D eigenvalue weighted by molar-refractivity contribution is 0.299. The Bertz CT molecular complexity index is 595. The molecule has 1 aromatic heterocycles. The van der Waals surface area contributed by atoms with E-state index in [9.17, 15) is 0 Å². The maximum absolute atomic E-state index is 5.98. The summed E-state index contributed by atoms with van der Waals surface area (Å²) < 4.78 is 6.98. The average molecular weight is 353 g/mol. The van der Waals surface area contributed by atoms with E-state index in [0.29, 0.717) is 12.6 Å². The molecule has 0 radical (unpaired) electrons. The molecular formula is C15H17BrN2OS. The quantitative estimate of drug-likeness (QED) is 0.851. The molecule has 0 aliphatic heterocycles. The van der Waals surface area contributed by atoms with Crippen LogP contribution in [0.4, 0.5) is 0 Å². The van der Waals surface area contributed by atoms with Crippen LogP contribution in [0.1, 0.15) is 29.1 Å². The minimum absolute atomic E-state index is 0.525. The Hall–Kier alpha value is -0.910. The molecule has 1 aromatic carbocycles. The van der Waals surface area contributed by atoms with Crippen LogP contribution in [0, 0.1) is 6.92 Å². The predicted octanol–water partition coefficient (Wildman–Crippen LogP) is 4.05. The first-order valence-electron chi connectivity index (χ1n) is 6.77. The first-order valence-corrected chi connectivity index (χ1v) is 8.44. The summed E-state index contributed by atoms with van der Waals surface area (Å²) in [4.78, 5) is 4.43. The molecule has 3 rings (SSSR count). The highest BCUT2D eigenvalue weighted by atomic mass is 79.9. The number of aryl methyl sites for hydroxylation is 1. The lowest BCUT2D eigenvalue weighted by Gasteiger charge is -2.13. The molecule has 2 aromatic rings. The fourth-order valence-electron chi connectivity index (χ4n) is 2.00. The Labute approximate surface area is 131 Å². The van der Waals surface area contributed by atoms with Crippen LogP contribution >= 0.6 is 27.3 Å². The summed E-state index contributed by atoms with van der Waals surface area (Å²) in [6.45, 7) is 3.39. The minimum atomic E-state index is 0.525. The Balaban J connectivity index is 1.69. The number of thiazole rings is 1. The maximum Gasteiger partial charge on any atom is 0.140 e. The number of aromatic nitrogens is 1. The van der Waals surface area contributed by atoms with Crippen LogP contribution in [0.2, 0.25) is 0 Å². The van der Waals surface area contributed by atoms with Gasteiger partial charge in [-0.1, -0.05) is 12.1 Å². The number of benzene rings is 1. The molecule has 3 nitrogen and oxygen atoms in total. The number of nitrogens with zero attached hydrogens (tertiary/aromatic N) is 1. The fourth-order valence-corrected chi connectivity index (χ4v) is 3.20. The first kappa shape index (κ1) is 14.0. The zero-order valence-electron chi connectivity index (χ0n) is 11.4. The van der Waals surface area contributed by atoms with E-state index in [-0.39, 0.29) is 0 Å². The molecule has 0 atom stereocenters. The van der Waals surface area contributed by atoms with Gasteiger partial charge >= 0.3 is 0 Å². The highest BCUT2D eigenvalue weighted by Crippen LogP contribution is 2.31. The third-order valence-corrected chi connectivity index (χ3v) is 4.78. The molecule has 0 spiro atoms. The van der Waals surface area contributed by atoms with Gasteiger partial charge in [0.05, 0.1) is 4.47 Å². The van der Waals surface area contributed by atoms with Crippen molar-refractivity contribution >= 4 is 27.3 Å². The molecule has 5 heteroatoms. The number of rotatable bonds is 6. The Morgan fingerprint density at radius 2 is 2.30 bits per heavy atom. The highest BCUT2D eigenvalue weighted by Gasteiger charge is 2.21. The molecule has 1 aliphatic rings. The van der Waals surface area contributed by atoms with Gasteiger partial charge in [-0.25, -0.2) is 4.98 Å². The molecule has 0 saturated heterocycles. The zero-order chi connectivity index (χ0) is 13.9. The van der Waals surface area contributed by atoms with Crippen LogP contribution in [0.3, 0.4) is 0 Å². The molecule has 1 aliphatic carbocycles. The van der Waals surface area contributed by atoms with Gasteiger partial charge in [-0.2, -0.15) is 0 Å². The molecule has 0 amide bonds. The highest BCUT2D eigenvalue weighted by molar-refractivity contribution is 9.10.